The molecule has 0 aromatic heterocycles. The molecule has 0 radical (unpaired) electrons. The maximum atomic E-state index is 11.8. The van der Waals surface area contributed by atoms with Gasteiger partial charge < -0.3 is 11.1 Å². The fourth-order valence-corrected chi connectivity index (χ4v) is 2.53. The summed E-state index contributed by atoms with van der Waals surface area (Å²) < 4.78 is 22.7. The minimum absolute atomic E-state index is 0.00522. The molecule has 7 heteroatoms. The zero-order chi connectivity index (χ0) is 14.6. The van der Waals surface area contributed by atoms with E-state index in [2.05, 4.69) is 5.32 Å². The van der Waals surface area contributed by atoms with Crippen molar-refractivity contribution in [2.45, 2.75) is 37.6 Å². The number of primary sulfonamides is 1. The smallest absolute Gasteiger partial charge is 0.241 e. The van der Waals surface area contributed by atoms with Crippen molar-refractivity contribution in [3.8, 4) is 0 Å². The monoisotopic (exact) mass is 285 g/mol. The zero-order valence-corrected chi connectivity index (χ0v) is 11.8. The van der Waals surface area contributed by atoms with E-state index in [-0.39, 0.29) is 10.8 Å². The van der Waals surface area contributed by atoms with Gasteiger partial charge in [0.15, 0.2) is 0 Å². The summed E-state index contributed by atoms with van der Waals surface area (Å²) in [7, 11) is -3.80. The van der Waals surface area contributed by atoms with E-state index in [9.17, 15) is 13.2 Å². The van der Waals surface area contributed by atoms with Crippen LogP contribution in [0, 0.1) is 6.92 Å². The number of hydrogen-bond donors (Lipinski definition) is 3. The lowest BCUT2D eigenvalue weighted by molar-refractivity contribution is -0.117. The summed E-state index contributed by atoms with van der Waals surface area (Å²) in [6.45, 7) is 3.51. The van der Waals surface area contributed by atoms with Gasteiger partial charge in [-0.1, -0.05) is 19.4 Å². The first kappa shape index (κ1) is 15.6. The van der Waals surface area contributed by atoms with Gasteiger partial charge in [0.1, 0.15) is 0 Å². The number of nitrogens with one attached hydrogen (secondary N) is 1. The molecule has 0 aliphatic rings. The summed E-state index contributed by atoms with van der Waals surface area (Å²) in [4.78, 5) is 11.8. The Morgan fingerprint density at radius 3 is 2.58 bits per heavy atom. The van der Waals surface area contributed by atoms with E-state index in [0.717, 1.165) is 6.42 Å². The third-order valence-electron chi connectivity index (χ3n) is 2.78. The molecule has 1 atom stereocenters. The van der Waals surface area contributed by atoms with Crippen LogP contribution in [0.25, 0.3) is 0 Å². The van der Waals surface area contributed by atoms with E-state index >= 15 is 0 Å². The minimum Gasteiger partial charge on any atom is -0.324 e. The number of rotatable bonds is 5. The van der Waals surface area contributed by atoms with Crippen LogP contribution >= 0.6 is 0 Å². The average Bonchev–Trinajstić information content (AvgIpc) is 2.30. The van der Waals surface area contributed by atoms with Crippen LogP contribution in [-0.4, -0.2) is 20.4 Å². The van der Waals surface area contributed by atoms with Gasteiger partial charge in [-0.25, -0.2) is 13.6 Å². The quantitative estimate of drug-likeness (QED) is 0.738. The number of amides is 1. The largest absolute Gasteiger partial charge is 0.324 e. The third kappa shape index (κ3) is 4.02. The molecule has 0 spiro atoms. The third-order valence-corrected chi connectivity index (χ3v) is 3.84. The molecule has 1 aromatic carbocycles. The van der Waals surface area contributed by atoms with E-state index in [1.54, 1.807) is 13.0 Å². The summed E-state index contributed by atoms with van der Waals surface area (Å²) in [6, 6.07) is 3.92. The van der Waals surface area contributed by atoms with Gasteiger partial charge in [-0.05, 0) is 31.0 Å². The Hall–Kier alpha value is -1.44. The molecule has 106 valence electrons. The molecule has 5 N–H and O–H groups in total. The first-order valence-corrected chi connectivity index (χ1v) is 7.50. The average molecular weight is 285 g/mol. The molecular formula is C12H19N3O3S. The Morgan fingerprint density at radius 2 is 2.05 bits per heavy atom. The van der Waals surface area contributed by atoms with Crippen LogP contribution < -0.4 is 16.2 Å². The number of carbonyl (C=O) groups excluding carboxylic acids is 1. The number of sulfonamides is 1. The minimum atomic E-state index is -3.80. The highest BCUT2D eigenvalue weighted by molar-refractivity contribution is 7.89. The SMILES string of the molecule is CCC[C@H](N)C(=O)Nc1cccc(S(N)(=O)=O)c1C. The summed E-state index contributed by atoms with van der Waals surface area (Å²) >= 11 is 0. The van der Waals surface area contributed by atoms with E-state index in [0.29, 0.717) is 17.7 Å². The first-order valence-electron chi connectivity index (χ1n) is 5.96. The van der Waals surface area contributed by atoms with Crippen molar-refractivity contribution in [1.82, 2.24) is 0 Å². The molecule has 1 rings (SSSR count). The maximum absolute atomic E-state index is 11.8. The number of nitrogens with two attached hydrogens (primary N) is 2. The van der Waals surface area contributed by atoms with Gasteiger partial charge in [-0.2, -0.15) is 0 Å². The van der Waals surface area contributed by atoms with E-state index < -0.39 is 16.1 Å². The standard InChI is InChI=1S/C12H19N3O3S/c1-3-5-9(13)12(16)15-10-6-4-7-11(8(10)2)19(14,17)18/h4,6-7,9H,3,5,13H2,1-2H3,(H,15,16)(H2,14,17,18)/t9-/m0/s1. The predicted octanol–water partition coefficient (Wildman–Crippen LogP) is 0.708. The lowest BCUT2D eigenvalue weighted by Crippen LogP contribution is -2.35. The summed E-state index contributed by atoms with van der Waals surface area (Å²) in [5, 5.41) is 7.72. The Morgan fingerprint density at radius 1 is 1.42 bits per heavy atom. The molecule has 1 amide bonds. The molecule has 0 saturated heterocycles. The number of carbonyl (C=O) groups is 1. The normalized spacial score (nSPS) is 13.1. The Balaban J connectivity index is 3.01. The van der Waals surface area contributed by atoms with Crippen LogP contribution in [0.4, 0.5) is 5.69 Å². The van der Waals surface area contributed by atoms with Crippen molar-refractivity contribution in [1.29, 1.82) is 0 Å². The number of anilines is 1. The fraction of sp³-hybridized carbons (Fsp3) is 0.417. The van der Waals surface area contributed by atoms with Crippen molar-refractivity contribution in [3.63, 3.8) is 0 Å². The Kier molecular flexibility index (Phi) is 5.04. The van der Waals surface area contributed by atoms with Gasteiger partial charge in [0.2, 0.25) is 15.9 Å². The van der Waals surface area contributed by atoms with Crippen LogP contribution in [0.1, 0.15) is 25.3 Å². The molecule has 0 saturated carbocycles. The molecule has 19 heavy (non-hydrogen) atoms. The van der Waals surface area contributed by atoms with Crippen molar-refractivity contribution in [2.24, 2.45) is 10.9 Å². The highest BCUT2D eigenvalue weighted by Gasteiger charge is 2.17. The molecule has 0 bridgehead atoms. The highest BCUT2D eigenvalue weighted by Crippen LogP contribution is 2.22. The van der Waals surface area contributed by atoms with Gasteiger partial charge in [0.05, 0.1) is 10.9 Å². The van der Waals surface area contributed by atoms with Crippen LogP contribution in [0.3, 0.4) is 0 Å². The van der Waals surface area contributed by atoms with Crippen molar-refractivity contribution in [2.75, 3.05) is 5.32 Å². The van der Waals surface area contributed by atoms with Crippen LogP contribution in [-0.2, 0) is 14.8 Å². The highest BCUT2D eigenvalue weighted by atomic mass is 32.2. The summed E-state index contributed by atoms with van der Waals surface area (Å²) in [5.74, 6) is -0.337. The molecule has 0 aliphatic carbocycles. The summed E-state index contributed by atoms with van der Waals surface area (Å²) in [5.41, 5.74) is 6.50. The first-order chi connectivity index (χ1) is 8.77. The van der Waals surface area contributed by atoms with Crippen LogP contribution in [0.5, 0.6) is 0 Å². The van der Waals surface area contributed by atoms with Crippen LogP contribution in [0.2, 0.25) is 0 Å². The molecule has 1 aromatic rings. The van der Waals surface area contributed by atoms with E-state index in [1.807, 2.05) is 6.92 Å². The molecule has 0 fully saturated rings. The second-order valence-electron chi connectivity index (χ2n) is 4.36. The molecular weight excluding hydrogens is 266 g/mol. The lowest BCUT2D eigenvalue weighted by atomic mass is 10.1. The molecule has 0 unspecified atom stereocenters. The Bertz CT molecular complexity index is 570. The van der Waals surface area contributed by atoms with E-state index in [4.69, 9.17) is 10.9 Å². The van der Waals surface area contributed by atoms with E-state index in [1.165, 1.54) is 12.1 Å². The molecule has 0 aliphatic heterocycles. The Labute approximate surface area is 113 Å². The van der Waals surface area contributed by atoms with Crippen molar-refractivity contribution >= 4 is 21.6 Å². The molecule has 6 nitrogen and oxygen atoms in total. The van der Waals surface area contributed by atoms with Gasteiger partial charge in [0.25, 0.3) is 0 Å². The fourth-order valence-electron chi connectivity index (χ4n) is 1.73. The predicted molar refractivity (Wildman–Crippen MR) is 74.1 cm³/mol. The second kappa shape index (κ2) is 6.14. The number of hydrogen-bond acceptors (Lipinski definition) is 4. The van der Waals surface area contributed by atoms with Crippen molar-refractivity contribution in [3.05, 3.63) is 23.8 Å². The van der Waals surface area contributed by atoms with Gasteiger partial charge >= 0.3 is 0 Å². The van der Waals surface area contributed by atoms with Gasteiger partial charge in [0, 0.05) is 5.69 Å². The van der Waals surface area contributed by atoms with Gasteiger partial charge in [-0.3, -0.25) is 4.79 Å². The van der Waals surface area contributed by atoms with Crippen molar-refractivity contribution < 1.29 is 13.2 Å². The number of benzene rings is 1. The summed E-state index contributed by atoms with van der Waals surface area (Å²) in [6.07, 6.45) is 1.37. The molecule has 0 heterocycles. The van der Waals surface area contributed by atoms with Crippen LogP contribution in [0.15, 0.2) is 23.1 Å². The second-order valence-corrected chi connectivity index (χ2v) is 5.89. The topological polar surface area (TPSA) is 115 Å². The zero-order valence-electron chi connectivity index (χ0n) is 11.0. The maximum Gasteiger partial charge on any atom is 0.241 e. The van der Waals surface area contributed by atoms with Gasteiger partial charge in [-0.15, -0.1) is 0 Å². The lowest BCUT2D eigenvalue weighted by Gasteiger charge is -2.14.